The molecule has 1 aliphatic heterocycles. The Morgan fingerprint density at radius 1 is 1.61 bits per heavy atom. The Balaban J connectivity index is 2.04. The number of thiophene rings is 1. The van der Waals surface area contributed by atoms with Crippen molar-refractivity contribution in [3.8, 4) is 6.07 Å². The van der Waals surface area contributed by atoms with Gasteiger partial charge in [-0.15, -0.1) is 11.3 Å². The van der Waals surface area contributed by atoms with Crippen molar-refractivity contribution in [3.63, 3.8) is 0 Å². The van der Waals surface area contributed by atoms with Gasteiger partial charge in [0.25, 0.3) is 0 Å². The lowest BCUT2D eigenvalue weighted by molar-refractivity contribution is -0.118. The van der Waals surface area contributed by atoms with Gasteiger partial charge in [-0.2, -0.15) is 5.26 Å². The van der Waals surface area contributed by atoms with Gasteiger partial charge in [-0.25, -0.2) is 0 Å². The fourth-order valence-corrected chi connectivity index (χ4v) is 3.06. The van der Waals surface area contributed by atoms with Crippen molar-refractivity contribution in [3.05, 3.63) is 21.9 Å². The highest BCUT2D eigenvalue weighted by Crippen LogP contribution is 2.28. The molecule has 2 heterocycles. The van der Waals surface area contributed by atoms with Gasteiger partial charge in [0.2, 0.25) is 5.91 Å². The summed E-state index contributed by atoms with van der Waals surface area (Å²) in [7, 11) is 0. The van der Waals surface area contributed by atoms with Crippen molar-refractivity contribution in [2.24, 2.45) is 0 Å². The number of carbonyl (C=O) groups is 1. The summed E-state index contributed by atoms with van der Waals surface area (Å²) in [5.74, 6) is 0.0726. The van der Waals surface area contributed by atoms with Crippen LogP contribution in [0.3, 0.4) is 0 Å². The van der Waals surface area contributed by atoms with E-state index in [0.717, 1.165) is 17.8 Å². The standard InChI is InChI=1S/C13H17N3OS/c1-2-3-4-5-16-8-12(17)15-13(16)11-6-10(7-14)9-18-11/h6,9,13H,2-5,8H2,1H3,(H,15,17). The van der Waals surface area contributed by atoms with E-state index in [1.54, 1.807) is 0 Å². The molecule has 18 heavy (non-hydrogen) atoms. The van der Waals surface area contributed by atoms with Crippen LogP contribution in [0.5, 0.6) is 0 Å². The second-order valence-electron chi connectivity index (χ2n) is 4.50. The molecule has 5 heteroatoms. The van der Waals surface area contributed by atoms with Crippen molar-refractivity contribution in [1.82, 2.24) is 10.2 Å². The van der Waals surface area contributed by atoms with Crippen LogP contribution in [-0.2, 0) is 4.79 Å². The van der Waals surface area contributed by atoms with Gasteiger partial charge >= 0.3 is 0 Å². The molecular formula is C13H17N3OS. The first kappa shape index (κ1) is 13.1. The second kappa shape index (κ2) is 5.98. The second-order valence-corrected chi connectivity index (χ2v) is 5.44. The number of rotatable bonds is 5. The molecule has 1 aromatic rings. The van der Waals surface area contributed by atoms with E-state index in [0.29, 0.717) is 12.1 Å². The SMILES string of the molecule is CCCCCN1CC(=O)NC1c1cc(C#N)cs1. The van der Waals surface area contributed by atoms with Crippen LogP contribution in [-0.4, -0.2) is 23.9 Å². The minimum Gasteiger partial charge on any atom is -0.335 e. The molecule has 1 saturated heterocycles. The summed E-state index contributed by atoms with van der Waals surface area (Å²) >= 11 is 1.54. The van der Waals surface area contributed by atoms with Gasteiger partial charge in [-0.05, 0) is 12.5 Å². The van der Waals surface area contributed by atoms with Crippen LogP contribution in [0.25, 0.3) is 0 Å². The molecule has 1 N–H and O–H groups in total. The lowest BCUT2D eigenvalue weighted by Crippen LogP contribution is -2.27. The van der Waals surface area contributed by atoms with E-state index in [-0.39, 0.29) is 12.1 Å². The quantitative estimate of drug-likeness (QED) is 0.829. The molecule has 0 radical (unpaired) electrons. The van der Waals surface area contributed by atoms with Crippen LogP contribution in [0.1, 0.15) is 42.8 Å². The molecule has 1 unspecified atom stereocenters. The minimum atomic E-state index is -0.0403. The number of nitrogens with zero attached hydrogens (tertiary/aromatic N) is 2. The number of hydrogen-bond acceptors (Lipinski definition) is 4. The third kappa shape index (κ3) is 2.89. The molecule has 96 valence electrons. The predicted molar refractivity (Wildman–Crippen MR) is 71.0 cm³/mol. The zero-order valence-corrected chi connectivity index (χ0v) is 11.3. The van der Waals surface area contributed by atoms with Gasteiger partial charge in [-0.3, -0.25) is 9.69 Å². The summed E-state index contributed by atoms with van der Waals surface area (Å²) in [6.07, 6.45) is 3.43. The zero-order valence-electron chi connectivity index (χ0n) is 10.5. The molecule has 1 aromatic heterocycles. The van der Waals surface area contributed by atoms with Gasteiger partial charge < -0.3 is 5.32 Å². The van der Waals surface area contributed by atoms with Crippen LogP contribution in [0.4, 0.5) is 0 Å². The van der Waals surface area contributed by atoms with Crippen molar-refractivity contribution in [2.45, 2.75) is 32.4 Å². The average Bonchev–Trinajstić information content (AvgIpc) is 2.96. The highest BCUT2D eigenvalue weighted by atomic mass is 32.1. The Hall–Kier alpha value is -1.38. The van der Waals surface area contributed by atoms with E-state index in [2.05, 4.69) is 23.2 Å². The molecule has 0 spiro atoms. The Morgan fingerprint density at radius 3 is 3.11 bits per heavy atom. The summed E-state index contributed by atoms with van der Waals surface area (Å²) in [5.41, 5.74) is 0.671. The van der Waals surface area contributed by atoms with Gasteiger partial charge in [-0.1, -0.05) is 19.8 Å². The van der Waals surface area contributed by atoms with E-state index < -0.39 is 0 Å². The van der Waals surface area contributed by atoms with E-state index in [9.17, 15) is 4.79 Å². The first-order valence-electron chi connectivity index (χ1n) is 6.26. The van der Waals surface area contributed by atoms with Crippen molar-refractivity contribution < 1.29 is 4.79 Å². The average molecular weight is 263 g/mol. The number of hydrogen-bond donors (Lipinski definition) is 1. The summed E-state index contributed by atoms with van der Waals surface area (Å²) in [6, 6.07) is 4.00. The van der Waals surface area contributed by atoms with Gasteiger partial charge in [0.05, 0.1) is 12.1 Å². The third-order valence-electron chi connectivity index (χ3n) is 3.08. The number of amides is 1. The first-order chi connectivity index (χ1) is 8.74. The monoisotopic (exact) mass is 263 g/mol. The smallest absolute Gasteiger partial charge is 0.235 e. The number of nitrogens with one attached hydrogen (secondary N) is 1. The number of nitriles is 1. The maximum atomic E-state index is 11.5. The number of carbonyl (C=O) groups excluding carboxylic acids is 1. The lowest BCUT2D eigenvalue weighted by Gasteiger charge is -2.21. The minimum absolute atomic E-state index is 0.0403. The normalized spacial score (nSPS) is 19.8. The molecule has 0 aromatic carbocycles. The lowest BCUT2D eigenvalue weighted by atomic mass is 10.2. The van der Waals surface area contributed by atoms with Crippen molar-refractivity contribution in [1.29, 1.82) is 5.26 Å². The van der Waals surface area contributed by atoms with Crippen LogP contribution in [0, 0.1) is 11.3 Å². The maximum absolute atomic E-state index is 11.5. The van der Waals surface area contributed by atoms with Gasteiger partial charge in [0.15, 0.2) is 0 Å². The molecule has 1 aliphatic rings. The van der Waals surface area contributed by atoms with Gasteiger partial charge in [0.1, 0.15) is 12.2 Å². The van der Waals surface area contributed by atoms with Crippen molar-refractivity contribution >= 4 is 17.2 Å². The molecular weight excluding hydrogens is 246 g/mol. The Morgan fingerprint density at radius 2 is 2.44 bits per heavy atom. The van der Waals surface area contributed by atoms with Crippen LogP contribution < -0.4 is 5.32 Å². The van der Waals surface area contributed by atoms with E-state index >= 15 is 0 Å². The maximum Gasteiger partial charge on any atom is 0.235 e. The molecule has 4 nitrogen and oxygen atoms in total. The molecule has 2 rings (SSSR count). The first-order valence-corrected chi connectivity index (χ1v) is 7.14. The zero-order chi connectivity index (χ0) is 13.0. The fourth-order valence-electron chi connectivity index (χ4n) is 2.14. The molecule has 1 fully saturated rings. The van der Waals surface area contributed by atoms with E-state index in [1.807, 2.05) is 11.4 Å². The Bertz CT molecular complexity index is 463. The molecule has 0 bridgehead atoms. The molecule has 0 aliphatic carbocycles. The van der Waals surface area contributed by atoms with Crippen LogP contribution in [0.15, 0.2) is 11.4 Å². The highest BCUT2D eigenvalue weighted by molar-refractivity contribution is 7.10. The Labute approximate surface area is 111 Å². The molecule has 0 saturated carbocycles. The number of unbranched alkanes of at least 4 members (excludes halogenated alkanes) is 2. The largest absolute Gasteiger partial charge is 0.335 e. The third-order valence-corrected chi connectivity index (χ3v) is 4.06. The van der Waals surface area contributed by atoms with Crippen LogP contribution >= 0.6 is 11.3 Å². The van der Waals surface area contributed by atoms with E-state index in [1.165, 1.54) is 24.2 Å². The topological polar surface area (TPSA) is 56.1 Å². The highest BCUT2D eigenvalue weighted by Gasteiger charge is 2.31. The molecule has 1 atom stereocenters. The fraction of sp³-hybridized carbons (Fsp3) is 0.538. The summed E-state index contributed by atoms with van der Waals surface area (Å²) in [6.45, 7) is 3.56. The summed E-state index contributed by atoms with van der Waals surface area (Å²) in [5, 5.41) is 13.7. The van der Waals surface area contributed by atoms with Crippen molar-refractivity contribution in [2.75, 3.05) is 13.1 Å². The summed E-state index contributed by atoms with van der Waals surface area (Å²) < 4.78 is 0. The Kier molecular flexibility index (Phi) is 4.34. The molecule has 1 amide bonds. The van der Waals surface area contributed by atoms with Crippen LogP contribution in [0.2, 0.25) is 0 Å². The van der Waals surface area contributed by atoms with E-state index in [4.69, 9.17) is 5.26 Å². The van der Waals surface area contributed by atoms with Gasteiger partial charge in [0, 0.05) is 16.8 Å². The summed E-state index contributed by atoms with van der Waals surface area (Å²) in [4.78, 5) is 14.7. The predicted octanol–water partition coefficient (Wildman–Crippen LogP) is 2.24.